The van der Waals surface area contributed by atoms with E-state index in [-0.39, 0.29) is 11.1 Å². The molecule has 0 aromatic heterocycles. The molecule has 0 saturated carbocycles. The van der Waals surface area contributed by atoms with Crippen LogP contribution in [0.4, 0.5) is 0 Å². The molecule has 0 amide bonds. The summed E-state index contributed by atoms with van der Waals surface area (Å²) >= 11 is 0. The third-order valence-corrected chi connectivity index (χ3v) is 1.56. The van der Waals surface area contributed by atoms with Crippen LogP contribution in [0.15, 0.2) is 24.3 Å². The zero-order chi connectivity index (χ0) is 14.6. The van der Waals surface area contributed by atoms with Crippen molar-refractivity contribution in [2.24, 2.45) is 0 Å². The minimum Gasteiger partial charge on any atom is -0.478 e. The van der Waals surface area contributed by atoms with E-state index in [4.69, 9.17) is 5.11 Å². The molecule has 1 rings (SSSR count). The molecule has 0 heterocycles. The first-order valence-corrected chi connectivity index (χ1v) is 5.99. The van der Waals surface area contributed by atoms with E-state index in [2.05, 4.69) is 18.6 Å². The van der Waals surface area contributed by atoms with Gasteiger partial charge in [-0.2, -0.15) is 0 Å². The van der Waals surface area contributed by atoms with Gasteiger partial charge in [0.2, 0.25) is 0 Å². The second kappa shape index (κ2) is 11.6. The van der Waals surface area contributed by atoms with E-state index in [9.17, 15) is 9.59 Å². The van der Waals surface area contributed by atoms with Crippen molar-refractivity contribution in [3.8, 4) is 0 Å². The largest absolute Gasteiger partial charge is 0.478 e. The Morgan fingerprint density at radius 3 is 1.83 bits per heavy atom. The van der Waals surface area contributed by atoms with Crippen LogP contribution in [0.3, 0.4) is 0 Å². The van der Waals surface area contributed by atoms with Gasteiger partial charge in [0, 0.05) is 0 Å². The summed E-state index contributed by atoms with van der Waals surface area (Å²) in [5, 5.41) is 8.70. The summed E-state index contributed by atoms with van der Waals surface area (Å²) in [6.45, 7) is 8.25. The first-order valence-electron chi connectivity index (χ1n) is 5.99. The summed E-state index contributed by atoms with van der Waals surface area (Å²) in [6, 6.07) is 5.90. The molecular weight excluding hydrogens is 232 g/mol. The maximum absolute atomic E-state index is 11.1. The van der Waals surface area contributed by atoms with Gasteiger partial charge >= 0.3 is 11.9 Å². The number of hydrogen-bond acceptors (Lipinski definition) is 3. The number of hydrogen-bond donors (Lipinski definition) is 1. The number of esters is 1. The van der Waals surface area contributed by atoms with Gasteiger partial charge in [0.05, 0.1) is 18.2 Å². The van der Waals surface area contributed by atoms with Crippen LogP contribution in [0.1, 0.15) is 54.8 Å². The lowest BCUT2D eigenvalue weighted by Crippen LogP contribution is -2.09. The van der Waals surface area contributed by atoms with Crippen molar-refractivity contribution in [3.63, 3.8) is 0 Å². The number of benzene rings is 1. The molecule has 4 heteroatoms. The van der Waals surface area contributed by atoms with Gasteiger partial charge in [-0.25, -0.2) is 9.59 Å². The summed E-state index contributed by atoms with van der Waals surface area (Å²) in [5.74, 6) is -1.78. The third kappa shape index (κ3) is 6.68. The molecule has 1 N–H and O–H groups in total. The quantitative estimate of drug-likeness (QED) is 0.819. The molecule has 0 bridgehead atoms. The second-order valence-electron chi connectivity index (χ2n) is 3.05. The van der Waals surface area contributed by atoms with Gasteiger partial charge in [-0.1, -0.05) is 46.2 Å². The number of ether oxygens (including phenoxy) is 1. The SMILES string of the molecule is CC.CCC.COC(=O)c1ccccc1C(=O)O. The Balaban J connectivity index is 0. The highest BCUT2D eigenvalue weighted by Crippen LogP contribution is 2.09. The molecule has 1 aromatic carbocycles. The van der Waals surface area contributed by atoms with Gasteiger partial charge in [0.25, 0.3) is 0 Å². The predicted octanol–water partition coefficient (Wildman–Crippen LogP) is 3.61. The van der Waals surface area contributed by atoms with Crippen molar-refractivity contribution in [2.45, 2.75) is 34.1 Å². The molecule has 102 valence electrons. The molecular formula is C14H22O4. The van der Waals surface area contributed by atoms with Crippen LogP contribution < -0.4 is 0 Å². The number of methoxy groups -OCH3 is 1. The summed E-state index contributed by atoms with van der Waals surface area (Å²) < 4.78 is 4.42. The van der Waals surface area contributed by atoms with E-state index in [1.165, 1.54) is 25.7 Å². The van der Waals surface area contributed by atoms with Crippen molar-refractivity contribution < 1.29 is 19.4 Å². The lowest BCUT2D eigenvalue weighted by atomic mass is 10.1. The van der Waals surface area contributed by atoms with Gasteiger partial charge in [-0.05, 0) is 12.1 Å². The van der Waals surface area contributed by atoms with Crippen molar-refractivity contribution >= 4 is 11.9 Å². The minimum absolute atomic E-state index is 0.0469. The van der Waals surface area contributed by atoms with Gasteiger partial charge < -0.3 is 9.84 Å². The third-order valence-electron chi connectivity index (χ3n) is 1.56. The van der Waals surface area contributed by atoms with Crippen molar-refractivity contribution in [3.05, 3.63) is 35.4 Å². The average molecular weight is 254 g/mol. The summed E-state index contributed by atoms with van der Waals surface area (Å²) in [6.07, 6.45) is 1.25. The summed E-state index contributed by atoms with van der Waals surface area (Å²) in [7, 11) is 1.21. The van der Waals surface area contributed by atoms with Crippen LogP contribution in [0.5, 0.6) is 0 Å². The molecule has 4 nitrogen and oxygen atoms in total. The van der Waals surface area contributed by atoms with E-state index in [1.807, 2.05) is 13.8 Å². The highest BCUT2D eigenvalue weighted by atomic mass is 16.5. The fraction of sp³-hybridized carbons (Fsp3) is 0.429. The standard InChI is InChI=1S/C9H8O4.C3H8.C2H6/c1-13-9(12)7-5-3-2-4-6(7)8(10)11;1-3-2;1-2/h2-5H,1H3,(H,10,11);3H2,1-2H3;1-2H3. The fourth-order valence-corrected chi connectivity index (χ4v) is 0.958. The van der Waals surface area contributed by atoms with Crippen LogP contribution in [0.25, 0.3) is 0 Å². The minimum atomic E-state index is -1.14. The van der Waals surface area contributed by atoms with Crippen molar-refractivity contribution in [1.82, 2.24) is 0 Å². The van der Waals surface area contributed by atoms with Crippen molar-refractivity contribution in [1.29, 1.82) is 0 Å². The van der Waals surface area contributed by atoms with Crippen LogP contribution in [-0.4, -0.2) is 24.2 Å². The van der Waals surface area contributed by atoms with E-state index < -0.39 is 11.9 Å². The summed E-state index contributed by atoms with van der Waals surface area (Å²) in [4.78, 5) is 21.7. The number of aromatic carboxylic acids is 1. The monoisotopic (exact) mass is 254 g/mol. The van der Waals surface area contributed by atoms with E-state index in [0.29, 0.717) is 0 Å². The Morgan fingerprint density at radius 1 is 1.11 bits per heavy atom. The smallest absolute Gasteiger partial charge is 0.338 e. The van der Waals surface area contributed by atoms with Crippen LogP contribution >= 0.6 is 0 Å². The van der Waals surface area contributed by atoms with E-state index in [0.717, 1.165) is 0 Å². The van der Waals surface area contributed by atoms with Crippen LogP contribution in [0.2, 0.25) is 0 Å². The number of carboxylic acid groups (broad SMARTS) is 1. The normalized spacial score (nSPS) is 8.06. The molecule has 0 unspecified atom stereocenters. The Kier molecular flexibility index (Phi) is 12.0. The maximum atomic E-state index is 11.1. The molecule has 0 radical (unpaired) electrons. The average Bonchev–Trinajstić information content (AvgIpc) is 2.41. The first-order chi connectivity index (χ1) is 8.58. The molecule has 0 aliphatic heterocycles. The number of carbonyl (C=O) groups excluding carboxylic acids is 1. The second-order valence-corrected chi connectivity index (χ2v) is 3.05. The molecule has 0 fully saturated rings. The summed E-state index contributed by atoms with van der Waals surface area (Å²) in [5.41, 5.74) is 0.0202. The Bertz CT molecular complexity index is 359. The van der Waals surface area contributed by atoms with Crippen LogP contribution in [-0.2, 0) is 4.74 Å². The zero-order valence-electron chi connectivity index (χ0n) is 11.7. The lowest BCUT2D eigenvalue weighted by molar-refractivity contribution is 0.0582. The highest BCUT2D eigenvalue weighted by molar-refractivity contribution is 6.02. The molecule has 1 aromatic rings. The molecule has 0 aliphatic rings. The first kappa shape index (κ1) is 18.5. The molecule has 0 saturated heterocycles. The lowest BCUT2D eigenvalue weighted by Gasteiger charge is -2.02. The molecule has 0 atom stereocenters. The zero-order valence-corrected chi connectivity index (χ0v) is 11.7. The van der Waals surface area contributed by atoms with Gasteiger partial charge in [-0.15, -0.1) is 0 Å². The number of carbonyl (C=O) groups is 2. The fourth-order valence-electron chi connectivity index (χ4n) is 0.958. The Hall–Kier alpha value is -1.84. The van der Waals surface area contributed by atoms with Crippen LogP contribution in [0, 0.1) is 0 Å². The Morgan fingerprint density at radius 2 is 1.50 bits per heavy atom. The Labute approximate surface area is 109 Å². The number of carboxylic acids is 1. The van der Waals surface area contributed by atoms with Gasteiger partial charge in [-0.3, -0.25) is 0 Å². The van der Waals surface area contributed by atoms with Gasteiger partial charge in [0.1, 0.15) is 0 Å². The molecule has 0 spiro atoms. The van der Waals surface area contributed by atoms with Gasteiger partial charge in [0.15, 0.2) is 0 Å². The van der Waals surface area contributed by atoms with Crippen molar-refractivity contribution in [2.75, 3.05) is 7.11 Å². The van der Waals surface area contributed by atoms with E-state index >= 15 is 0 Å². The molecule has 0 aliphatic carbocycles. The topological polar surface area (TPSA) is 63.6 Å². The molecule has 18 heavy (non-hydrogen) atoms. The highest BCUT2D eigenvalue weighted by Gasteiger charge is 2.15. The predicted molar refractivity (Wildman–Crippen MR) is 72.1 cm³/mol. The van der Waals surface area contributed by atoms with E-state index in [1.54, 1.807) is 12.1 Å². The maximum Gasteiger partial charge on any atom is 0.338 e. The number of rotatable bonds is 2.